The third-order valence-electron chi connectivity index (χ3n) is 4.74. The van der Waals surface area contributed by atoms with Gasteiger partial charge in [0.25, 0.3) is 0 Å². The van der Waals surface area contributed by atoms with E-state index in [1.165, 1.54) is 25.7 Å². The minimum atomic E-state index is -0.0580. The Hall–Kier alpha value is -1.06. The molecular weight excluding hydrogens is 260 g/mol. The highest BCUT2D eigenvalue weighted by molar-refractivity contribution is 5.37. The van der Waals surface area contributed by atoms with Crippen molar-refractivity contribution in [2.75, 3.05) is 19.7 Å². The summed E-state index contributed by atoms with van der Waals surface area (Å²) in [5.74, 6) is 0.926. The Kier molecular flexibility index (Phi) is 5.65. The van der Waals surface area contributed by atoms with Gasteiger partial charge in [-0.25, -0.2) is 0 Å². The van der Waals surface area contributed by atoms with Gasteiger partial charge in [-0.05, 0) is 52.8 Å². The SMILES string of the molecule is CCOc1ccccc1C(N)C(C)(C)N1CCCCCC1. The minimum absolute atomic E-state index is 0.0432. The normalized spacial score (nSPS) is 19.0. The van der Waals surface area contributed by atoms with Crippen LogP contribution >= 0.6 is 0 Å². The van der Waals surface area contributed by atoms with Crippen molar-refractivity contribution in [3.63, 3.8) is 0 Å². The molecule has 1 aromatic carbocycles. The number of benzene rings is 1. The third kappa shape index (κ3) is 3.78. The Morgan fingerprint density at radius 2 is 1.76 bits per heavy atom. The maximum Gasteiger partial charge on any atom is 0.124 e. The molecule has 1 aliphatic rings. The van der Waals surface area contributed by atoms with E-state index in [9.17, 15) is 0 Å². The number of nitrogens with zero attached hydrogens (tertiary/aromatic N) is 1. The predicted molar refractivity (Wildman–Crippen MR) is 88.7 cm³/mol. The number of ether oxygens (including phenoxy) is 1. The molecule has 0 amide bonds. The van der Waals surface area contributed by atoms with Crippen LogP contribution in [0.15, 0.2) is 24.3 Å². The first kappa shape index (κ1) is 16.3. The van der Waals surface area contributed by atoms with Gasteiger partial charge >= 0.3 is 0 Å². The van der Waals surface area contributed by atoms with Crippen LogP contribution in [0.4, 0.5) is 0 Å². The molecule has 1 aromatic rings. The van der Waals surface area contributed by atoms with Crippen molar-refractivity contribution < 1.29 is 4.74 Å². The zero-order valence-corrected chi connectivity index (χ0v) is 13.8. The molecule has 0 bridgehead atoms. The first-order valence-electron chi connectivity index (χ1n) is 8.29. The Morgan fingerprint density at radius 1 is 1.14 bits per heavy atom. The number of para-hydroxylation sites is 1. The average molecular weight is 290 g/mol. The third-order valence-corrected chi connectivity index (χ3v) is 4.74. The summed E-state index contributed by atoms with van der Waals surface area (Å²) in [6.45, 7) is 9.53. The van der Waals surface area contributed by atoms with Crippen molar-refractivity contribution in [1.29, 1.82) is 0 Å². The zero-order chi connectivity index (χ0) is 15.3. The van der Waals surface area contributed by atoms with Crippen LogP contribution in [0.2, 0.25) is 0 Å². The van der Waals surface area contributed by atoms with Gasteiger partial charge < -0.3 is 10.5 Å². The molecule has 1 heterocycles. The van der Waals surface area contributed by atoms with Crippen molar-refractivity contribution >= 4 is 0 Å². The van der Waals surface area contributed by atoms with Crippen LogP contribution in [0.25, 0.3) is 0 Å². The fourth-order valence-electron chi connectivity index (χ4n) is 3.25. The first-order valence-corrected chi connectivity index (χ1v) is 8.29. The van der Waals surface area contributed by atoms with Crippen molar-refractivity contribution in [1.82, 2.24) is 4.90 Å². The van der Waals surface area contributed by atoms with E-state index in [-0.39, 0.29) is 11.6 Å². The molecule has 21 heavy (non-hydrogen) atoms. The van der Waals surface area contributed by atoms with Gasteiger partial charge in [0.15, 0.2) is 0 Å². The molecule has 0 spiro atoms. The van der Waals surface area contributed by atoms with Gasteiger partial charge in [0.1, 0.15) is 5.75 Å². The summed E-state index contributed by atoms with van der Waals surface area (Å²) in [5.41, 5.74) is 7.73. The van der Waals surface area contributed by atoms with Crippen molar-refractivity contribution in [3.8, 4) is 5.75 Å². The molecule has 1 atom stereocenters. The number of rotatable bonds is 5. The van der Waals surface area contributed by atoms with Crippen molar-refractivity contribution in [2.45, 2.75) is 58.0 Å². The van der Waals surface area contributed by atoms with E-state index in [2.05, 4.69) is 30.9 Å². The molecule has 3 nitrogen and oxygen atoms in total. The Labute approximate surface area is 129 Å². The molecule has 118 valence electrons. The summed E-state index contributed by atoms with van der Waals surface area (Å²) < 4.78 is 5.77. The van der Waals surface area contributed by atoms with E-state index in [1.807, 2.05) is 19.1 Å². The zero-order valence-electron chi connectivity index (χ0n) is 13.8. The van der Waals surface area contributed by atoms with Crippen LogP contribution in [0.3, 0.4) is 0 Å². The van der Waals surface area contributed by atoms with Gasteiger partial charge in [0.05, 0.1) is 12.6 Å². The molecule has 1 aliphatic heterocycles. The van der Waals surface area contributed by atoms with Crippen LogP contribution in [0.5, 0.6) is 5.75 Å². The lowest BCUT2D eigenvalue weighted by atomic mass is 9.87. The average Bonchev–Trinajstić information content (AvgIpc) is 2.77. The molecule has 0 radical (unpaired) electrons. The molecule has 2 N–H and O–H groups in total. The maximum atomic E-state index is 6.66. The largest absolute Gasteiger partial charge is 0.494 e. The fourth-order valence-corrected chi connectivity index (χ4v) is 3.25. The lowest BCUT2D eigenvalue weighted by molar-refractivity contribution is 0.0968. The van der Waals surface area contributed by atoms with Gasteiger partial charge in [-0.1, -0.05) is 31.0 Å². The van der Waals surface area contributed by atoms with Crippen molar-refractivity contribution in [3.05, 3.63) is 29.8 Å². The summed E-state index contributed by atoms with van der Waals surface area (Å²) in [5, 5.41) is 0. The van der Waals surface area contributed by atoms with E-state index in [0.717, 1.165) is 24.4 Å². The van der Waals surface area contributed by atoms with Crippen LogP contribution < -0.4 is 10.5 Å². The van der Waals surface area contributed by atoms with E-state index >= 15 is 0 Å². The van der Waals surface area contributed by atoms with Gasteiger partial charge in [-0.3, -0.25) is 4.90 Å². The second-order valence-corrected chi connectivity index (χ2v) is 6.50. The maximum absolute atomic E-state index is 6.66. The fraction of sp³-hybridized carbons (Fsp3) is 0.667. The minimum Gasteiger partial charge on any atom is -0.494 e. The van der Waals surface area contributed by atoms with E-state index in [1.54, 1.807) is 0 Å². The van der Waals surface area contributed by atoms with Crippen LogP contribution in [0, 0.1) is 0 Å². The number of hydrogen-bond donors (Lipinski definition) is 1. The Balaban J connectivity index is 2.22. The highest BCUT2D eigenvalue weighted by Gasteiger charge is 2.35. The first-order chi connectivity index (χ1) is 10.1. The topological polar surface area (TPSA) is 38.5 Å². The second-order valence-electron chi connectivity index (χ2n) is 6.50. The molecule has 1 unspecified atom stereocenters. The van der Waals surface area contributed by atoms with Crippen LogP contribution in [0.1, 0.15) is 58.1 Å². The Morgan fingerprint density at radius 3 is 2.38 bits per heavy atom. The number of likely N-dealkylation sites (tertiary alicyclic amines) is 1. The smallest absolute Gasteiger partial charge is 0.124 e. The molecule has 1 saturated heterocycles. The molecule has 1 fully saturated rings. The lowest BCUT2D eigenvalue weighted by Crippen LogP contribution is -2.51. The summed E-state index contributed by atoms with van der Waals surface area (Å²) in [7, 11) is 0. The van der Waals surface area contributed by atoms with Crippen LogP contribution in [-0.4, -0.2) is 30.1 Å². The second kappa shape index (κ2) is 7.28. The summed E-state index contributed by atoms with van der Waals surface area (Å²) >= 11 is 0. The number of hydrogen-bond acceptors (Lipinski definition) is 3. The van der Waals surface area contributed by atoms with E-state index in [4.69, 9.17) is 10.5 Å². The number of nitrogens with two attached hydrogens (primary N) is 1. The Bertz CT molecular complexity index is 437. The standard InChI is InChI=1S/C18H30N2O/c1-4-21-16-12-8-7-11-15(16)17(19)18(2,3)20-13-9-5-6-10-14-20/h7-8,11-12,17H,4-6,9-10,13-14,19H2,1-3H3. The monoisotopic (exact) mass is 290 g/mol. The van der Waals surface area contributed by atoms with E-state index in [0.29, 0.717) is 6.61 Å². The highest BCUT2D eigenvalue weighted by atomic mass is 16.5. The predicted octanol–water partition coefficient (Wildman–Crippen LogP) is 3.74. The van der Waals surface area contributed by atoms with E-state index < -0.39 is 0 Å². The van der Waals surface area contributed by atoms with Crippen molar-refractivity contribution in [2.24, 2.45) is 5.73 Å². The van der Waals surface area contributed by atoms with Crippen LogP contribution in [-0.2, 0) is 0 Å². The molecule has 3 heteroatoms. The molecule has 0 aromatic heterocycles. The highest BCUT2D eigenvalue weighted by Crippen LogP contribution is 2.35. The summed E-state index contributed by atoms with van der Waals surface area (Å²) in [6.07, 6.45) is 5.25. The molecule has 0 saturated carbocycles. The summed E-state index contributed by atoms with van der Waals surface area (Å²) in [4.78, 5) is 2.56. The van der Waals surface area contributed by atoms with Gasteiger partial charge in [0, 0.05) is 11.1 Å². The van der Waals surface area contributed by atoms with Gasteiger partial charge in [-0.15, -0.1) is 0 Å². The lowest BCUT2D eigenvalue weighted by Gasteiger charge is -2.42. The molecule has 2 rings (SSSR count). The molecular formula is C18H30N2O. The molecule has 0 aliphatic carbocycles. The van der Waals surface area contributed by atoms with Gasteiger partial charge in [-0.2, -0.15) is 0 Å². The van der Waals surface area contributed by atoms with Gasteiger partial charge in [0.2, 0.25) is 0 Å². The quantitative estimate of drug-likeness (QED) is 0.898. The summed E-state index contributed by atoms with van der Waals surface area (Å²) in [6, 6.07) is 8.15.